The van der Waals surface area contributed by atoms with Gasteiger partial charge in [0.15, 0.2) is 0 Å². The van der Waals surface area contributed by atoms with Crippen molar-refractivity contribution in [3.05, 3.63) is 34.2 Å². The molecule has 0 saturated carbocycles. The number of aryl methyl sites for hydroxylation is 1. The van der Waals surface area contributed by atoms with Crippen molar-refractivity contribution in [3.8, 4) is 10.7 Å². The second-order valence-electron chi connectivity index (χ2n) is 4.35. The summed E-state index contributed by atoms with van der Waals surface area (Å²) in [5.74, 6) is 0. The highest BCUT2D eigenvalue weighted by atomic mass is 32.1. The normalized spacial score (nSPS) is 13.1. The lowest BCUT2D eigenvalue weighted by molar-refractivity contribution is 0.808. The Bertz CT molecular complexity index is 697. The van der Waals surface area contributed by atoms with E-state index in [9.17, 15) is 0 Å². The fourth-order valence-corrected chi connectivity index (χ4v) is 3.49. The minimum Gasteiger partial charge on any atom is -0.322 e. The monoisotopic (exact) mass is 275 g/mol. The van der Waals surface area contributed by atoms with Crippen LogP contribution < -0.4 is 5.73 Å². The Morgan fingerprint density at radius 3 is 2.83 bits per heavy atom. The number of nitrogens with zero attached hydrogens (tertiary/aromatic N) is 2. The van der Waals surface area contributed by atoms with E-state index in [-0.39, 0.29) is 6.04 Å². The van der Waals surface area contributed by atoms with Gasteiger partial charge in [-0.25, -0.2) is 9.97 Å². The van der Waals surface area contributed by atoms with Crippen molar-refractivity contribution >= 4 is 32.9 Å². The van der Waals surface area contributed by atoms with Crippen LogP contribution in [0.25, 0.3) is 20.9 Å². The minimum atomic E-state index is -0.0135. The molecule has 18 heavy (non-hydrogen) atoms. The molecule has 5 heteroatoms. The molecule has 92 valence electrons. The number of nitrogens with two attached hydrogens (primary N) is 1. The predicted molar refractivity (Wildman–Crippen MR) is 78.1 cm³/mol. The van der Waals surface area contributed by atoms with E-state index in [0.29, 0.717) is 0 Å². The van der Waals surface area contributed by atoms with Crippen molar-refractivity contribution in [1.82, 2.24) is 9.97 Å². The average Bonchev–Trinajstić information content (AvgIpc) is 2.93. The van der Waals surface area contributed by atoms with Crippen LogP contribution in [0.1, 0.15) is 23.5 Å². The van der Waals surface area contributed by atoms with Gasteiger partial charge in [-0.3, -0.25) is 0 Å². The molecule has 3 rings (SSSR count). The van der Waals surface area contributed by atoms with Crippen LogP contribution in [0.2, 0.25) is 0 Å². The number of thiazole rings is 2. The molecule has 0 bridgehead atoms. The van der Waals surface area contributed by atoms with Gasteiger partial charge in [0.25, 0.3) is 0 Å². The molecule has 2 heterocycles. The average molecular weight is 275 g/mol. The van der Waals surface area contributed by atoms with E-state index in [1.807, 2.05) is 12.3 Å². The summed E-state index contributed by atoms with van der Waals surface area (Å²) in [6.07, 6.45) is 0. The summed E-state index contributed by atoms with van der Waals surface area (Å²) < 4.78 is 1.20. The van der Waals surface area contributed by atoms with E-state index >= 15 is 0 Å². The highest BCUT2D eigenvalue weighted by Gasteiger charge is 2.11. The molecule has 0 saturated heterocycles. The molecule has 2 aromatic heterocycles. The molecule has 0 fully saturated rings. The fourth-order valence-electron chi connectivity index (χ4n) is 1.74. The smallest absolute Gasteiger partial charge is 0.143 e. The third-order valence-electron chi connectivity index (χ3n) is 2.67. The van der Waals surface area contributed by atoms with Crippen LogP contribution in [0.4, 0.5) is 0 Å². The lowest BCUT2D eigenvalue weighted by Crippen LogP contribution is -2.03. The van der Waals surface area contributed by atoms with Crippen LogP contribution in [0, 0.1) is 6.92 Å². The van der Waals surface area contributed by atoms with Crippen molar-refractivity contribution in [1.29, 1.82) is 0 Å². The second kappa shape index (κ2) is 4.42. The molecule has 1 unspecified atom stereocenters. The maximum atomic E-state index is 5.83. The first-order valence-corrected chi connectivity index (χ1v) is 7.41. The molecule has 3 nitrogen and oxygen atoms in total. The summed E-state index contributed by atoms with van der Waals surface area (Å²) in [6, 6.07) is 6.32. The Labute approximate surface area is 113 Å². The molecule has 0 aliphatic rings. The standard InChI is InChI=1S/C13H13N3S2/c1-7-3-4-11-9(5-7)15-13(18-11)10-6-17-12(16-10)8(2)14/h3-6,8H,14H2,1-2H3. The maximum absolute atomic E-state index is 5.83. The van der Waals surface area contributed by atoms with Crippen LogP contribution >= 0.6 is 22.7 Å². The number of benzene rings is 1. The first kappa shape index (κ1) is 11.8. The molecule has 1 atom stereocenters. The lowest BCUT2D eigenvalue weighted by atomic mass is 10.2. The summed E-state index contributed by atoms with van der Waals surface area (Å²) in [5, 5.41) is 3.96. The first-order valence-electron chi connectivity index (χ1n) is 5.72. The Morgan fingerprint density at radius 1 is 1.28 bits per heavy atom. The maximum Gasteiger partial charge on any atom is 0.143 e. The van der Waals surface area contributed by atoms with E-state index in [0.717, 1.165) is 21.2 Å². The van der Waals surface area contributed by atoms with Gasteiger partial charge < -0.3 is 5.73 Å². The Hall–Kier alpha value is -1.30. The van der Waals surface area contributed by atoms with Crippen molar-refractivity contribution < 1.29 is 0 Å². The molecular weight excluding hydrogens is 262 g/mol. The van der Waals surface area contributed by atoms with Crippen LogP contribution in [0.5, 0.6) is 0 Å². The minimum absolute atomic E-state index is 0.0135. The van der Waals surface area contributed by atoms with Gasteiger partial charge in [-0.1, -0.05) is 6.07 Å². The van der Waals surface area contributed by atoms with E-state index in [1.165, 1.54) is 10.3 Å². The van der Waals surface area contributed by atoms with E-state index < -0.39 is 0 Å². The van der Waals surface area contributed by atoms with Gasteiger partial charge in [0.1, 0.15) is 15.7 Å². The molecule has 0 aliphatic heterocycles. The van der Waals surface area contributed by atoms with Crippen LogP contribution in [0.3, 0.4) is 0 Å². The molecular formula is C13H13N3S2. The summed E-state index contributed by atoms with van der Waals surface area (Å²) in [5.41, 5.74) is 9.04. The molecule has 0 amide bonds. The number of fused-ring (bicyclic) bond motifs is 1. The van der Waals surface area contributed by atoms with Crippen molar-refractivity contribution in [2.45, 2.75) is 19.9 Å². The van der Waals surface area contributed by atoms with E-state index in [1.54, 1.807) is 22.7 Å². The molecule has 2 N–H and O–H groups in total. The van der Waals surface area contributed by atoms with Gasteiger partial charge >= 0.3 is 0 Å². The zero-order valence-electron chi connectivity index (χ0n) is 10.2. The van der Waals surface area contributed by atoms with Crippen LogP contribution in [0.15, 0.2) is 23.6 Å². The Balaban J connectivity index is 2.07. The molecule has 3 aromatic rings. The number of aromatic nitrogens is 2. The van der Waals surface area contributed by atoms with E-state index in [2.05, 4.69) is 35.1 Å². The molecule has 1 aromatic carbocycles. The molecule has 0 aliphatic carbocycles. The number of rotatable bonds is 2. The number of hydrogen-bond acceptors (Lipinski definition) is 5. The summed E-state index contributed by atoms with van der Waals surface area (Å²) in [7, 11) is 0. The second-order valence-corrected chi connectivity index (χ2v) is 6.27. The largest absolute Gasteiger partial charge is 0.322 e. The van der Waals surface area contributed by atoms with Gasteiger partial charge in [0.05, 0.1) is 16.3 Å². The van der Waals surface area contributed by atoms with Crippen molar-refractivity contribution in [2.24, 2.45) is 5.73 Å². The van der Waals surface area contributed by atoms with Crippen LogP contribution in [-0.4, -0.2) is 9.97 Å². The third-order valence-corrected chi connectivity index (χ3v) is 4.78. The van der Waals surface area contributed by atoms with Gasteiger partial charge in [0, 0.05) is 5.38 Å². The van der Waals surface area contributed by atoms with Gasteiger partial charge in [-0.2, -0.15) is 0 Å². The van der Waals surface area contributed by atoms with Gasteiger partial charge in [0.2, 0.25) is 0 Å². The van der Waals surface area contributed by atoms with Crippen molar-refractivity contribution in [3.63, 3.8) is 0 Å². The third kappa shape index (κ3) is 2.05. The topological polar surface area (TPSA) is 51.8 Å². The summed E-state index contributed by atoms with van der Waals surface area (Å²) in [4.78, 5) is 9.18. The summed E-state index contributed by atoms with van der Waals surface area (Å²) >= 11 is 3.27. The highest BCUT2D eigenvalue weighted by molar-refractivity contribution is 7.21. The van der Waals surface area contributed by atoms with Gasteiger partial charge in [-0.05, 0) is 31.5 Å². The quantitative estimate of drug-likeness (QED) is 0.775. The molecule has 0 radical (unpaired) electrons. The van der Waals surface area contributed by atoms with E-state index in [4.69, 9.17) is 5.73 Å². The Kier molecular flexibility index (Phi) is 2.89. The highest BCUT2D eigenvalue weighted by Crippen LogP contribution is 2.32. The van der Waals surface area contributed by atoms with Crippen molar-refractivity contribution in [2.75, 3.05) is 0 Å². The predicted octanol–water partition coefficient (Wildman–Crippen LogP) is 3.75. The lowest BCUT2D eigenvalue weighted by Gasteiger charge is -1.96. The van der Waals surface area contributed by atoms with Crippen LogP contribution in [-0.2, 0) is 0 Å². The zero-order chi connectivity index (χ0) is 12.7. The zero-order valence-corrected chi connectivity index (χ0v) is 11.8. The fraction of sp³-hybridized carbons (Fsp3) is 0.231. The van der Waals surface area contributed by atoms with Gasteiger partial charge in [-0.15, -0.1) is 22.7 Å². The first-order chi connectivity index (χ1) is 8.63. The molecule has 0 spiro atoms. The number of hydrogen-bond donors (Lipinski definition) is 1. The SMILES string of the molecule is Cc1ccc2sc(-c3csc(C(C)N)n3)nc2c1. The summed E-state index contributed by atoms with van der Waals surface area (Å²) in [6.45, 7) is 4.03. The Morgan fingerprint density at radius 2 is 2.11 bits per heavy atom.